The van der Waals surface area contributed by atoms with E-state index in [1.54, 1.807) is 6.07 Å². The molecule has 4 rings (SSSR count). The molecule has 1 atom stereocenters. The molecule has 0 bridgehead atoms. The number of amides is 1. The number of aromatic nitrogens is 5. The number of fused-ring (bicyclic) bond motifs is 1. The van der Waals surface area contributed by atoms with E-state index in [0.717, 1.165) is 30.0 Å². The first-order valence-corrected chi connectivity index (χ1v) is 8.57. The first kappa shape index (κ1) is 15.7. The highest BCUT2D eigenvalue weighted by molar-refractivity contribution is 5.96. The van der Waals surface area contributed by atoms with Crippen molar-refractivity contribution in [1.29, 1.82) is 0 Å². The first-order chi connectivity index (χ1) is 12.1. The summed E-state index contributed by atoms with van der Waals surface area (Å²) < 4.78 is 5.34. The van der Waals surface area contributed by atoms with E-state index in [4.69, 9.17) is 4.52 Å². The van der Waals surface area contributed by atoms with Crippen LogP contribution in [0.3, 0.4) is 0 Å². The molecule has 1 amide bonds. The average molecular weight is 340 g/mol. The molecule has 0 radical (unpaired) electrons. The lowest BCUT2D eigenvalue weighted by Crippen LogP contribution is -2.27. The Morgan fingerprint density at radius 3 is 2.96 bits per heavy atom. The van der Waals surface area contributed by atoms with Gasteiger partial charge in [-0.1, -0.05) is 18.0 Å². The number of aryl methyl sites for hydroxylation is 1. The van der Waals surface area contributed by atoms with Crippen LogP contribution >= 0.6 is 0 Å². The van der Waals surface area contributed by atoms with E-state index >= 15 is 0 Å². The van der Waals surface area contributed by atoms with Crippen molar-refractivity contribution < 1.29 is 9.32 Å². The number of carbonyl (C=O) groups is 1. The molecule has 130 valence electrons. The number of H-pyrrole nitrogens is 1. The minimum Gasteiger partial charge on any atom is -0.341 e. The Labute approximate surface area is 144 Å². The zero-order valence-corrected chi connectivity index (χ0v) is 14.2. The summed E-state index contributed by atoms with van der Waals surface area (Å²) in [6.07, 6.45) is 6.15. The van der Waals surface area contributed by atoms with Gasteiger partial charge in [-0.15, -0.1) is 0 Å². The highest BCUT2D eigenvalue weighted by Gasteiger charge is 2.24. The summed E-state index contributed by atoms with van der Waals surface area (Å²) in [7, 11) is 0. The van der Waals surface area contributed by atoms with E-state index in [9.17, 15) is 4.79 Å². The maximum atomic E-state index is 12.5. The predicted molar refractivity (Wildman–Crippen MR) is 90.0 cm³/mol. The Kier molecular flexibility index (Phi) is 3.95. The molecule has 25 heavy (non-hydrogen) atoms. The van der Waals surface area contributed by atoms with E-state index in [0.29, 0.717) is 23.0 Å². The van der Waals surface area contributed by atoms with Crippen LogP contribution in [0, 0.1) is 6.92 Å². The third-order valence-corrected chi connectivity index (χ3v) is 4.61. The van der Waals surface area contributed by atoms with Crippen molar-refractivity contribution in [3.8, 4) is 0 Å². The topological polar surface area (TPSA) is 110 Å². The van der Waals surface area contributed by atoms with Crippen LogP contribution in [0.15, 0.2) is 16.8 Å². The van der Waals surface area contributed by atoms with Gasteiger partial charge in [-0.25, -0.2) is 9.97 Å². The summed E-state index contributed by atoms with van der Waals surface area (Å²) in [5, 5.41) is 6.96. The Morgan fingerprint density at radius 2 is 2.16 bits per heavy atom. The second-order valence-corrected chi connectivity index (χ2v) is 6.58. The van der Waals surface area contributed by atoms with Crippen molar-refractivity contribution in [2.75, 3.05) is 0 Å². The summed E-state index contributed by atoms with van der Waals surface area (Å²) in [4.78, 5) is 28.4. The van der Waals surface area contributed by atoms with Crippen molar-refractivity contribution in [2.24, 2.45) is 0 Å². The zero-order chi connectivity index (χ0) is 17.4. The smallest absolute Gasteiger partial charge is 0.253 e. The maximum Gasteiger partial charge on any atom is 0.253 e. The molecule has 1 fully saturated rings. The van der Waals surface area contributed by atoms with Gasteiger partial charge in [0.1, 0.15) is 11.9 Å². The molecule has 2 N–H and O–H groups in total. The molecule has 8 heteroatoms. The predicted octanol–water partition coefficient (Wildman–Crippen LogP) is 2.80. The largest absolute Gasteiger partial charge is 0.341 e. The summed E-state index contributed by atoms with van der Waals surface area (Å²) >= 11 is 0. The van der Waals surface area contributed by atoms with Crippen LogP contribution in [-0.2, 0) is 0 Å². The number of hydrogen-bond acceptors (Lipinski definition) is 6. The van der Waals surface area contributed by atoms with Gasteiger partial charge in [0.2, 0.25) is 5.89 Å². The number of pyridine rings is 1. The van der Waals surface area contributed by atoms with Crippen LogP contribution in [0.25, 0.3) is 11.2 Å². The van der Waals surface area contributed by atoms with Crippen molar-refractivity contribution in [1.82, 2.24) is 30.4 Å². The minimum absolute atomic E-state index is 0.241. The number of hydrogen-bond donors (Lipinski definition) is 2. The van der Waals surface area contributed by atoms with E-state index in [2.05, 4.69) is 30.4 Å². The molecule has 0 unspecified atom stereocenters. The van der Waals surface area contributed by atoms with E-state index in [1.807, 2.05) is 13.8 Å². The second-order valence-electron chi connectivity index (χ2n) is 6.58. The van der Waals surface area contributed by atoms with Crippen LogP contribution in [0.2, 0.25) is 0 Å². The fraction of sp³-hybridized carbons (Fsp3) is 0.471. The molecule has 0 saturated heterocycles. The fourth-order valence-electron chi connectivity index (χ4n) is 3.26. The normalized spacial score (nSPS) is 16.4. The van der Waals surface area contributed by atoms with Crippen LogP contribution in [-0.4, -0.2) is 31.0 Å². The lowest BCUT2D eigenvalue weighted by Gasteiger charge is -2.09. The lowest BCUT2D eigenvalue weighted by molar-refractivity contribution is 0.0932. The molecule has 0 aromatic carbocycles. The first-order valence-electron chi connectivity index (χ1n) is 8.57. The third kappa shape index (κ3) is 3.11. The summed E-state index contributed by atoms with van der Waals surface area (Å²) in [5.74, 6) is 2.09. The van der Waals surface area contributed by atoms with E-state index in [-0.39, 0.29) is 11.9 Å². The molecule has 8 nitrogen and oxygen atoms in total. The average Bonchev–Trinajstić information content (AvgIpc) is 3.32. The van der Waals surface area contributed by atoms with Crippen molar-refractivity contribution in [3.05, 3.63) is 35.4 Å². The van der Waals surface area contributed by atoms with Gasteiger partial charge in [-0.3, -0.25) is 4.79 Å². The van der Waals surface area contributed by atoms with E-state index in [1.165, 1.54) is 19.0 Å². The van der Waals surface area contributed by atoms with Gasteiger partial charge in [0.15, 0.2) is 11.5 Å². The molecule has 1 saturated carbocycles. The molecule has 0 spiro atoms. The van der Waals surface area contributed by atoms with Gasteiger partial charge in [0, 0.05) is 12.1 Å². The molecule has 1 aliphatic rings. The SMILES string of the molecule is Cc1nc2ncc(C(=O)N[C@H](C)c3nc(C4CCCC4)no3)cc2[nH]1. The summed E-state index contributed by atoms with van der Waals surface area (Å²) in [6.45, 7) is 3.68. The molecule has 1 aliphatic carbocycles. The van der Waals surface area contributed by atoms with Gasteiger partial charge in [-0.05, 0) is 32.8 Å². The highest BCUT2D eigenvalue weighted by Crippen LogP contribution is 2.32. The number of nitrogens with one attached hydrogen (secondary N) is 2. The number of imidazole rings is 1. The standard InChI is InChI=1S/C17H20N6O2/c1-9(17-22-14(23-25-17)11-5-3-4-6-11)19-16(24)12-7-13-15(18-8-12)21-10(2)20-13/h7-9,11H,3-6H2,1-2H3,(H,19,24)(H,18,20,21)/t9-/m1/s1. The van der Waals surface area contributed by atoms with Gasteiger partial charge in [0.05, 0.1) is 11.1 Å². The maximum absolute atomic E-state index is 12.5. The minimum atomic E-state index is -0.366. The highest BCUT2D eigenvalue weighted by atomic mass is 16.5. The van der Waals surface area contributed by atoms with Gasteiger partial charge >= 0.3 is 0 Å². The van der Waals surface area contributed by atoms with Crippen LogP contribution < -0.4 is 5.32 Å². The lowest BCUT2D eigenvalue weighted by atomic mass is 10.1. The fourth-order valence-corrected chi connectivity index (χ4v) is 3.26. The molecular weight excluding hydrogens is 320 g/mol. The Balaban J connectivity index is 1.47. The molecular formula is C17H20N6O2. The second kappa shape index (κ2) is 6.27. The van der Waals surface area contributed by atoms with Crippen molar-refractivity contribution in [2.45, 2.75) is 51.5 Å². The number of carbonyl (C=O) groups excluding carboxylic acids is 1. The molecule has 3 heterocycles. The van der Waals surface area contributed by atoms with Gasteiger partial charge in [0.25, 0.3) is 5.91 Å². The Hall–Kier alpha value is -2.77. The number of aromatic amines is 1. The molecule has 3 aromatic rings. The number of rotatable bonds is 4. The monoisotopic (exact) mass is 340 g/mol. The number of nitrogens with zero attached hydrogens (tertiary/aromatic N) is 4. The Bertz CT molecular complexity index is 909. The van der Waals surface area contributed by atoms with Crippen molar-refractivity contribution in [3.63, 3.8) is 0 Å². The van der Waals surface area contributed by atoms with Gasteiger partial charge in [-0.2, -0.15) is 4.98 Å². The van der Waals surface area contributed by atoms with Crippen molar-refractivity contribution >= 4 is 17.1 Å². The van der Waals surface area contributed by atoms with Crippen LogP contribution in [0.1, 0.15) is 72.5 Å². The van der Waals surface area contributed by atoms with E-state index < -0.39 is 0 Å². The summed E-state index contributed by atoms with van der Waals surface area (Å²) in [6, 6.07) is 1.37. The summed E-state index contributed by atoms with van der Waals surface area (Å²) in [5.41, 5.74) is 1.79. The third-order valence-electron chi connectivity index (χ3n) is 4.61. The molecule has 0 aliphatic heterocycles. The molecule has 3 aromatic heterocycles. The van der Waals surface area contributed by atoms with Crippen LogP contribution in [0.4, 0.5) is 0 Å². The Morgan fingerprint density at radius 1 is 1.36 bits per heavy atom. The van der Waals surface area contributed by atoms with Gasteiger partial charge < -0.3 is 14.8 Å². The zero-order valence-electron chi connectivity index (χ0n) is 14.2. The quantitative estimate of drug-likeness (QED) is 0.756. The van der Waals surface area contributed by atoms with Crippen LogP contribution in [0.5, 0.6) is 0 Å².